The Morgan fingerprint density at radius 1 is 1.50 bits per heavy atom. The van der Waals surface area contributed by atoms with Gasteiger partial charge in [-0.25, -0.2) is 4.98 Å². The average molecular weight is 247 g/mol. The largest absolute Gasteiger partial charge is 0.465 e. The first-order valence-electron chi connectivity index (χ1n) is 6.08. The Morgan fingerprint density at radius 3 is 3.22 bits per heavy atom. The third-order valence-electron chi connectivity index (χ3n) is 2.65. The first-order valence-corrected chi connectivity index (χ1v) is 6.08. The lowest BCUT2D eigenvalue weighted by molar-refractivity contribution is -0.141. The average Bonchev–Trinajstić information content (AvgIpc) is 2.82. The molecule has 0 bridgehead atoms. The maximum atomic E-state index is 11.1. The lowest BCUT2D eigenvalue weighted by atomic mass is 10.1. The molecular formula is C13H17N3O2. The monoisotopic (exact) mass is 247 g/mol. The fourth-order valence-electron chi connectivity index (χ4n) is 1.77. The number of aromatic nitrogens is 2. The molecule has 0 aliphatic carbocycles. The number of esters is 1. The second-order valence-electron chi connectivity index (χ2n) is 3.99. The van der Waals surface area contributed by atoms with Crippen LogP contribution in [0.4, 0.5) is 0 Å². The summed E-state index contributed by atoms with van der Waals surface area (Å²) in [5.74, 6) is -0.207. The van der Waals surface area contributed by atoms with Gasteiger partial charge in [-0.3, -0.25) is 4.79 Å². The summed E-state index contributed by atoms with van der Waals surface area (Å²) in [6.07, 6.45) is 2.56. The van der Waals surface area contributed by atoms with Gasteiger partial charge in [0.25, 0.3) is 0 Å². The molecule has 1 aromatic carbocycles. The van der Waals surface area contributed by atoms with Crippen molar-refractivity contribution in [2.75, 3.05) is 19.7 Å². The Kier molecular flexibility index (Phi) is 4.30. The van der Waals surface area contributed by atoms with Crippen molar-refractivity contribution >= 4 is 17.0 Å². The van der Waals surface area contributed by atoms with Gasteiger partial charge in [0.05, 0.1) is 30.5 Å². The van der Waals surface area contributed by atoms with E-state index in [0.29, 0.717) is 6.61 Å². The molecule has 2 aromatic rings. The number of fused-ring (bicyclic) bond motifs is 1. The molecule has 0 unspecified atom stereocenters. The van der Waals surface area contributed by atoms with Crippen molar-refractivity contribution in [2.24, 2.45) is 0 Å². The summed E-state index contributed by atoms with van der Waals surface area (Å²) < 4.78 is 4.83. The Bertz CT molecular complexity index is 522. The minimum atomic E-state index is -0.207. The third kappa shape index (κ3) is 3.30. The number of nitrogens with zero attached hydrogens (tertiary/aromatic N) is 1. The predicted molar refractivity (Wildman–Crippen MR) is 69.3 cm³/mol. The smallest absolute Gasteiger partial charge is 0.319 e. The van der Waals surface area contributed by atoms with E-state index in [1.807, 2.05) is 6.07 Å². The normalized spacial score (nSPS) is 10.7. The number of imidazole rings is 1. The van der Waals surface area contributed by atoms with Gasteiger partial charge in [-0.2, -0.15) is 0 Å². The fraction of sp³-hybridized carbons (Fsp3) is 0.385. The van der Waals surface area contributed by atoms with Gasteiger partial charge in [-0.1, -0.05) is 6.07 Å². The summed E-state index contributed by atoms with van der Waals surface area (Å²) in [6.45, 7) is 3.24. The predicted octanol–water partition coefficient (Wildman–Crippen LogP) is 1.26. The van der Waals surface area contributed by atoms with E-state index in [1.165, 1.54) is 5.56 Å². The number of benzene rings is 1. The summed E-state index contributed by atoms with van der Waals surface area (Å²) in [4.78, 5) is 18.3. The van der Waals surface area contributed by atoms with Crippen LogP contribution in [0.5, 0.6) is 0 Å². The van der Waals surface area contributed by atoms with Gasteiger partial charge in [0, 0.05) is 0 Å². The van der Waals surface area contributed by atoms with Crippen LogP contribution in [-0.2, 0) is 16.0 Å². The van der Waals surface area contributed by atoms with Crippen LogP contribution in [0.3, 0.4) is 0 Å². The zero-order valence-corrected chi connectivity index (χ0v) is 10.4. The summed E-state index contributed by atoms with van der Waals surface area (Å²) in [5.41, 5.74) is 3.22. The van der Waals surface area contributed by atoms with Crippen molar-refractivity contribution < 1.29 is 9.53 Å². The fourth-order valence-corrected chi connectivity index (χ4v) is 1.77. The number of carbonyl (C=O) groups excluding carboxylic acids is 1. The van der Waals surface area contributed by atoms with Gasteiger partial charge in [-0.05, 0) is 37.6 Å². The Labute approximate surface area is 106 Å². The standard InChI is InChI=1S/C13H17N3O2/c1-2-18-13(17)8-14-6-5-10-3-4-11-12(7-10)16-9-15-11/h3-4,7,9,14H,2,5-6,8H2,1H3,(H,15,16). The van der Waals surface area contributed by atoms with Crippen LogP contribution in [-0.4, -0.2) is 35.6 Å². The van der Waals surface area contributed by atoms with Gasteiger partial charge in [0.2, 0.25) is 0 Å². The van der Waals surface area contributed by atoms with Crippen molar-refractivity contribution in [1.29, 1.82) is 0 Å². The van der Waals surface area contributed by atoms with Crippen LogP contribution >= 0.6 is 0 Å². The van der Waals surface area contributed by atoms with E-state index in [1.54, 1.807) is 13.3 Å². The van der Waals surface area contributed by atoms with Gasteiger partial charge >= 0.3 is 5.97 Å². The van der Waals surface area contributed by atoms with Crippen molar-refractivity contribution in [3.05, 3.63) is 30.1 Å². The molecule has 2 rings (SSSR count). The molecule has 0 atom stereocenters. The summed E-state index contributed by atoms with van der Waals surface area (Å²) >= 11 is 0. The van der Waals surface area contributed by atoms with E-state index in [9.17, 15) is 4.79 Å². The maximum absolute atomic E-state index is 11.1. The molecule has 1 heterocycles. The molecule has 18 heavy (non-hydrogen) atoms. The number of carbonyl (C=O) groups is 1. The van der Waals surface area contributed by atoms with Gasteiger partial charge in [0.15, 0.2) is 0 Å². The minimum absolute atomic E-state index is 0.207. The highest BCUT2D eigenvalue weighted by Crippen LogP contribution is 2.11. The second-order valence-corrected chi connectivity index (χ2v) is 3.99. The first kappa shape index (κ1) is 12.6. The van der Waals surface area contributed by atoms with E-state index in [2.05, 4.69) is 27.4 Å². The van der Waals surface area contributed by atoms with Crippen molar-refractivity contribution in [2.45, 2.75) is 13.3 Å². The summed E-state index contributed by atoms with van der Waals surface area (Å²) in [6, 6.07) is 6.12. The van der Waals surface area contributed by atoms with Crippen LogP contribution in [0.25, 0.3) is 11.0 Å². The third-order valence-corrected chi connectivity index (χ3v) is 2.65. The lowest BCUT2D eigenvalue weighted by Gasteiger charge is -2.04. The number of ether oxygens (including phenoxy) is 1. The highest BCUT2D eigenvalue weighted by Gasteiger charge is 2.01. The maximum Gasteiger partial charge on any atom is 0.319 e. The molecule has 0 saturated carbocycles. The topological polar surface area (TPSA) is 67.0 Å². The Hall–Kier alpha value is -1.88. The molecule has 0 amide bonds. The lowest BCUT2D eigenvalue weighted by Crippen LogP contribution is -2.26. The van der Waals surface area contributed by atoms with Crippen molar-refractivity contribution in [3.63, 3.8) is 0 Å². The van der Waals surface area contributed by atoms with E-state index in [0.717, 1.165) is 24.0 Å². The second kappa shape index (κ2) is 6.16. The molecule has 5 heteroatoms. The van der Waals surface area contributed by atoms with E-state index >= 15 is 0 Å². The highest BCUT2D eigenvalue weighted by atomic mass is 16.5. The van der Waals surface area contributed by atoms with Gasteiger partial charge < -0.3 is 15.0 Å². The molecule has 96 valence electrons. The number of hydrogen-bond donors (Lipinski definition) is 2. The number of aromatic amines is 1. The molecular weight excluding hydrogens is 230 g/mol. The summed E-state index contributed by atoms with van der Waals surface area (Å²) in [7, 11) is 0. The number of H-pyrrole nitrogens is 1. The molecule has 2 N–H and O–H groups in total. The molecule has 0 spiro atoms. The van der Waals surface area contributed by atoms with Crippen molar-refractivity contribution in [3.8, 4) is 0 Å². The Morgan fingerprint density at radius 2 is 2.39 bits per heavy atom. The molecule has 0 aliphatic rings. The molecule has 1 aromatic heterocycles. The Balaban J connectivity index is 1.77. The van der Waals surface area contributed by atoms with Gasteiger partial charge in [0.1, 0.15) is 0 Å². The van der Waals surface area contributed by atoms with E-state index in [-0.39, 0.29) is 12.5 Å². The highest BCUT2D eigenvalue weighted by molar-refractivity contribution is 5.75. The summed E-state index contributed by atoms with van der Waals surface area (Å²) in [5, 5.41) is 3.06. The van der Waals surface area contributed by atoms with Crippen molar-refractivity contribution in [1.82, 2.24) is 15.3 Å². The van der Waals surface area contributed by atoms with Crippen LogP contribution in [0.1, 0.15) is 12.5 Å². The molecule has 0 fully saturated rings. The van der Waals surface area contributed by atoms with Crippen LogP contribution in [0.2, 0.25) is 0 Å². The molecule has 0 radical (unpaired) electrons. The SMILES string of the molecule is CCOC(=O)CNCCc1ccc2nc[nH]c2c1. The zero-order chi connectivity index (χ0) is 12.8. The molecule has 5 nitrogen and oxygen atoms in total. The number of rotatable bonds is 6. The molecule has 0 saturated heterocycles. The molecule has 0 aliphatic heterocycles. The zero-order valence-electron chi connectivity index (χ0n) is 10.4. The minimum Gasteiger partial charge on any atom is -0.465 e. The van der Waals surface area contributed by atoms with Gasteiger partial charge in [-0.15, -0.1) is 0 Å². The van der Waals surface area contributed by atoms with E-state index < -0.39 is 0 Å². The first-order chi connectivity index (χ1) is 8.79. The van der Waals surface area contributed by atoms with Crippen LogP contribution < -0.4 is 5.32 Å². The van der Waals surface area contributed by atoms with Crippen LogP contribution in [0, 0.1) is 0 Å². The van der Waals surface area contributed by atoms with E-state index in [4.69, 9.17) is 4.74 Å². The quantitative estimate of drug-likeness (QED) is 0.595. The number of hydrogen-bond acceptors (Lipinski definition) is 4. The number of nitrogens with one attached hydrogen (secondary N) is 2. The van der Waals surface area contributed by atoms with Crippen LogP contribution in [0.15, 0.2) is 24.5 Å².